The lowest BCUT2D eigenvalue weighted by atomic mass is 9.58. The first-order valence-electron chi connectivity index (χ1n) is 15.3. The molecule has 1 aliphatic carbocycles. The van der Waals surface area contributed by atoms with Crippen LogP contribution in [0.3, 0.4) is 0 Å². The number of carbonyl (C=O) groups excluding carboxylic acids is 1. The van der Waals surface area contributed by atoms with Gasteiger partial charge in [-0.25, -0.2) is 4.39 Å². The zero-order chi connectivity index (χ0) is 28.5. The van der Waals surface area contributed by atoms with Crippen molar-refractivity contribution in [1.82, 2.24) is 4.90 Å². The number of halogens is 1. The van der Waals surface area contributed by atoms with Gasteiger partial charge in [-0.2, -0.15) is 0 Å². The monoisotopic (exact) mass is 545 g/mol. The van der Waals surface area contributed by atoms with Crippen LogP contribution in [0.4, 0.5) is 4.39 Å². The molecule has 1 saturated heterocycles. The zero-order valence-electron chi connectivity index (χ0n) is 24.8. The molecule has 0 spiro atoms. The largest absolute Gasteiger partial charge is 0.505 e. The number of nitrogens with zero attached hydrogens (tertiary/aromatic N) is 1. The molecule has 3 rings (SSSR count). The molecule has 1 fully saturated rings. The van der Waals surface area contributed by atoms with Crippen LogP contribution in [-0.2, 0) is 9.53 Å². The van der Waals surface area contributed by atoms with Crippen LogP contribution in [0.2, 0.25) is 0 Å². The molecule has 2 N–H and O–H groups in total. The number of unbranched alkanes of at least 4 members (excludes halogenated alkanes) is 8. The maximum absolute atomic E-state index is 14.2. The molecular weight excluding hydrogens is 493 g/mol. The van der Waals surface area contributed by atoms with Gasteiger partial charge in [0.15, 0.2) is 11.6 Å². The number of allylic oxidation sites excluding steroid dienone is 1. The topological polar surface area (TPSA) is 70.0 Å². The summed E-state index contributed by atoms with van der Waals surface area (Å²) in [6.45, 7) is 7.16. The number of ether oxygens (including phenoxy) is 1. The molecule has 2 aliphatic rings. The van der Waals surface area contributed by atoms with Crippen molar-refractivity contribution >= 4 is 5.91 Å². The number of benzene rings is 1. The van der Waals surface area contributed by atoms with Crippen molar-refractivity contribution in [3.63, 3.8) is 0 Å². The van der Waals surface area contributed by atoms with E-state index in [-0.39, 0.29) is 35.7 Å². The Morgan fingerprint density at radius 2 is 1.74 bits per heavy atom. The molecule has 2 bridgehead atoms. The minimum Gasteiger partial charge on any atom is -0.505 e. The zero-order valence-corrected chi connectivity index (χ0v) is 24.8. The van der Waals surface area contributed by atoms with Crippen LogP contribution in [0.1, 0.15) is 122 Å². The van der Waals surface area contributed by atoms with Gasteiger partial charge in [0.2, 0.25) is 5.91 Å². The molecular formula is C33H52FNO4. The Morgan fingerprint density at radius 3 is 2.38 bits per heavy atom. The highest BCUT2D eigenvalue weighted by Crippen LogP contribution is 2.58. The van der Waals surface area contributed by atoms with Gasteiger partial charge in [-0.1, -0.05) is 69.6 Å². The predicted molar refractivity (Wildman–Crippen MR) is 155 cm³/mol. The maximum atomic E-state index is 14.2. The number of hydrogen-bond acceptors (Lipinski definition) is 4. The number of phenolic OH excluding ortho intramolecular Hbond substituents is 1. The van der Waals surface area contributed by atoms with Crippen molar-refractivity contribution in [1.29, 1.82) is 0 Å². The van der Waals surface area contributed by atoms with E-state index in [1.54, 1.807) is 6.07 Å². The highest BCUT2D eigenvalue weighted by molar-refractivity contribution is 5.75. The fourth-order valence-corrected chi connectivity index (χ4v) is 6.42. The van der Waals surface area contributed by atoms with Crippen molar-refractivity contribution in [2.75, 3.05) is 20.2 Å². The summed E-state index contributed by atoms with van der Waals surface area (Å²) in [4.78, 5) is 14.0. The molecule has 0 aromatic heterocycles. The van der Waals surface area contributed by atoms with E-state index in [0.717, 1.165) is 63.5 Å². The second-order valence-electron chi connectivity index (χ2n) is 12.5. The van der Waals surface area contributed by atoms with Crippen LogP contribution < -0.4 is 0 Å². The third-order valence-corrected chi connectivity index (χ3v) is 9.39. The molecule has 3 atom stereocenters. The van der Waals surface area contributed by atoms with E-state index in [9.17, 15) is 19.4 Å². The van der Waals surface area contributed by atoms with E-state index in [2.05, 4.69) is 13.0 Å². The average Bonchev–Trinajstić information content (AvgIpc) is 2.92. The van der Waals surface area contributed by atoms with E-state index in [1.165, 1.54) is 49.8 Å². The Morgan fingerprint density at radius 1 is 1.08 bits per heavy atom. The Bertz CT molecular complexity index is 961. The minimum absolute atomic E-state index is 0.0701. The number of amides is 1. The summed E-state index contributed by atoms with van der Waals surface area (Å²) in [7, 11) is 1.92. The van der Waals surface area contributed by atoms with Gasteiger partial charge in [-0.3, -0.25) is 4.79 Å². The van der Waals surface area contributed by atoms with E-state index in [4.69, 9.17) is 4.74 Å². The van der Waals surface area contributed by atoms with E-state index in [1.807, 2.05) is 25.8 Å². The van der Waals surface area contributed by atoms with Crippen LogP contribution >= 0.6 is 0 Å². The molecule has 1 aliphatic heterocycles. The number of aliphatic hydroxyl groups excluding tert-OH is 1. The van der Waals surface area contributed by atoms with Crippen LogP contribution in [0.5, 0.6) is 5.75 Å². The van der Waals surface area contributed by atoms with Crippen molar-refractivity contribution in [2.45, 2.75) is 122 Å². The van der Waals surface area contributed by atoms with Crippen LogP contribution in [0, 0.1) is 17.2 Å². The summed E-state index contributed by atoms with van der Waals surface area (Å²) >= 11 is 0. The molecule has 0 saturated carbocycles. The molecule has 1 aromatic carbocycles. The van der Waals surface area contributed by atoms with Gasteiger partial charge >= 0.3 is 0 Å². The van der Waals surface area contributed by atoms with Gasteiger partial charge in [0.1, 0.15) is 0 Å². The number of carbonyl (C=O) groups is 1. The van der Waals surface area contributed by atoms with Crippen molar-refractivity contribution in [2.24, 2.45) is 11.3 Å². The van der Waals surface area contributed by atoms with Crippen LogP contribution in [0.15, 0.2) is 29.8 Å². The molecule has 6 heteroatoms. The van der Waals surface area contributed by atoms with E-state index < -0.39 is 11.4 Å². The highest BCUT2D eigenvalue weighted by atomic mass is 19.1. The fourth-order valence-electron chi connectivity index (χ4n) is 6.42. The lowest BCUT2D eigenvalue weighted by Crippen LogP contribution is -2.56. The summed E-state index contributed by atoms with van der Waals surface area (Å²) in [5, 5.41) is 20.1. The van der Waals surface area contributed by atoms with Gasteiger partial charge in [0, 0.05) is 31.3 Å². The fraction of sp³-hybridized carbons (Fsp3) is 0.727. The summed E-state index contributed by atoms with van der Waals surface area (Å²) in [6, 6.07) is 4.57. The Labute approximate surface area is 235 Å². The third kappa shape index (κ3) is 8.07. The highest BCUT2D eigenvalue weighted by Gasteiger charge is 2.55. The molecule has 39 heavy (non-hydrogen) atoms. The first kappa shape index (κ1) is 31.6. The molecule has 220 valence electrons. The molecule has 1 amide bonds. The Hall–Kier alpha value is -1.92. The second-order valence-corrected chi connectivity index (χ2v) is 12.5. The minimum atomic E-state index is -0.625. The number of rotatable bonds is 16. The Balaban J connectivity index is 1.42. The average molecular weight is 546 g/mol. The quantitative estimate of drug-likeness (QED) is 0.164. The summed E-state index contributed by atoms with van der Waals surface area (Å²) < 4.78 is 20.8. The number of aromatic hydroxyl groups is 1. The lowest BCUT2D eigenvalue weighted by Gasteiger charge is -2.57. The van der Waals surface area contributed by atoms with Crippen molar-refractivity contribution in [3.8, 4) is 5.75 Å². The molecule has 3 unspecified atom stereocenters. The van der Waals surface area contributed by atoms with Crippen molar-refractivity contribution < 1.29 is 24.1 Å². The first-order valence-corrected chi connectivity index (χ1v) is 15.3. The van der Waals surface area contributed by atoms with E-state index >= 15 is 0 Å². The summed E-state index contributed by atoms with van der Waals surface area (Å²) in [5.41, 5.74) is 1.24. The number of aliphatic hydroxyl groups is 1. The molecule has 1 heterocycles. The van der Waals surface area contributed by atoms with Gasteiger partial charge in [0.25, 0.3) is 0 Å². The lowest BCUT2D eigenvalue weighted by molar-refractivity contribution is -0.223. The molecule has 0 radical (unpaired) electrons. The van der Waals surface area contributed by atoms with Gasteiger partial charge in [-0.15, -0.1) is 0 Å². The van der Waals surface area contributed by atoms with Gasteiger partial charge in [-0.05, 0) is 70.1 Å². The maximum Gasteiger partial charge on any atom is 0.222 e. The number of hydrogen-bond donors (Lipinski definition) is 2. The van der Waals surface area contributed by atoms with Crippen molar-refractivity contribution in [3.05, 3.63) is 41.2 Å². The normalized spacial score (nSPS) is 23.9. The Kier molecular flexibility index (Phi) is 11.9. The summed E-state index contributed by atoms with van der Waals surface area (Å²) in [6.07, 6.45) is 16.8. The van der Waals surface area contributed by atoms with E-state index in [0.29, 0.717) is 6.42 Å². The van der Waals surface area contributed by atoms with Gasteiger partial charge < -0.3 is 19.8 Å². The molecule has 5 nitrogen and oxygen atoms in total. The third-order valence-electron chi connectivity index (χ3n) is 9.39. The summed E-state index contributed by atoms with van der Waals surface area (Å²) in [5.74, 6) is -0.588. The first-order chi connectivity index (χ1) is 18.6. The number of phenols is 1. The standard InChI is InChI=1S/C33H52FNO4/c1-5-6-21-35(4)30(38)16-14-12-10-8-7-9-11-13-15-25-19-20-33(24-36)23-27(25)31(39-32(33,2)3)26-17-18-29(37)28(34)22-26/h17-19,22,27,31,36-37H,5-16,20-21,23-24H2,1-4H3. The smallest absolute Gasteiger partial charge is 0.222 e. The second kappa shape index (κ2) is 14.6. The predicted octanol–water partition coefficient (Wildman–Crippen LogP) is 7.86. The van der Waals surface area contributed by atoms with Gasteiger partial charge in [0.05, 0.1) is 18.3 Å². The van der Waals surface area contributed by atoms with Crippen LogP contribution in [0.25, 0.3) is 0 Å². The SMILES string of the molecule is CCCCN(C)C(=O)CCCCCCCCCCC1=CCC2(CO)CC1C(c1ccc(O)c(F)c1)OC2(C)C. The number of fused-ring (bicyclic) bond motifs is 2. The molecule has 1 aromatic rings. The van der Waals surface area contributed by atoms with Crippen LogP contribution in [-0.4, -0.2) is 46.8 Å².